The minimum Gasteiger partial charge on any atom is -0.490 e. The van der Waals surface area contributed by atoms with Gasteiger partial charge in [-0.05, 0) is 92.3 Å². The van der Waals surface area contributed by atoms with E-state index in [9.17, 15) is 24.0 Å². The molecule has 4 atom stereocenters. The van der Waals surface area contributed by atoms with Crippen LogP contribution in [0.4, 0.5) is 11.5 Å². The normalized spacial score (nSPS) is 25.2. The van der Waals surface area contributed by atoms with E-state index in [-0.39, 0.29) is 24.9 Å². The Morgan fingerprint density at radius 1 is 0.845 bits per heavy atom. The third kappa shape index (κ3) is 7.35. The van der Waals surface area contributed by atoms with Crippen LogP contribution in [0.2, 0.25) is 5.02 Å². The van der Waals surface area contributed by atoms with Gasteiger partial charge in [-0.2, -0.15) is 5.26 Å². The Morgan fingerprint density at radius 2 is 1.59 bits per heavy atom. The van der Waals surface area contributed by atoms with E-state index in [1.54, 1.807) is 36.4 Å². The Bertz CT molecular complexity index is 2180. The smallest absolute Gasteiger partial charge is 0.274 e. The molecule has 5 fully saturated rings. The highest BCUT2D eigenvalue weighted by atomic mass is 35.5. The van der Waals surface area contributed by atoms with Crippen LogP contribution in [-0.2, 0) is 9.59 Å². The summed E-state index contributed by atoms with van der Waals surface area (Å²) in [5.41, 5.74) is 2.26. The van der Waals surface area contributed by atoms with Gasteiger partial charge in [0.2, 0.25) is 11.8 Å². The quantitative estimate of drug-likeness (QED) is 0.330. The Kier molecular flexibility index (Phi) is 10.2. The molecular weight excluding hydrogens is 762 g/mol. The molecule has 58 heavy (non-hydrogen) atoms. The summed E-state index contributed by atoms with van der Waals surface area (Å²) in [5, 5.41) is 20.6. The van der Waals surface area contributed by atoms with Crippen LogP contribution in [0.1, 0.15) is 75.3 Å². The van der Waals surface area contributed by atoms with Crippen LogP contribution in [0, 0.1) is 29.1 Å². The molecule has 9 rings (SSSR count). The largest absolute Gasteiger partial charge is 0.490 e. The van der Waals surface area contributed by atoms with Crippen LogP contribution < -0.4 is 19.9 Å². The fourth-order valence-electron chi connectivity index (χ4n) is 9.68. The number of likely N-dealkylation sites (tertiary alicyclic amines) is 1. The van der Waals surface area contributed by atoms with Crippen molar-refractivity contribution in [2.24, 2.45) is 17.8 Å². The number of hydrogen-bond acceptors (Lipinski definition) is 12. The van der Waals surface area contributed by atoms with Gasteiger partial charge in [0.25, 0.3) is 17.7 Å². The van der Waals surface area contributed by atoms with Gasteiger partial charge in [-0.3, -0.25) is 39.1 Å². The van der Waals surface area contributed by atoms with Crippen LogP contribution in [0.15, 0.2) is 48.5 Å². The van der Waals surface area contributed by atoms with Crippen molar-refractivity contribution in [2.75, 3.05) is 68.7 Å². The second-order valence-corrected chi connectivity index (χ2v) is 16.8. The number of ether oxygens (including phenoxy) is 1. The molecule has 1 aromatic heterocycles. The maximum Gasteiger partial charge on any atom is 0.274 e. The molecule has 3 aromatic rings. The summed E-state index contributed by atoms with van der Waals surface area (Å²) in [6.07, 6.45) is 4.07. The van der Waals surface area contributed by atoms with Gasteiger partial charge in [-0.15, -0.1) is 10.2 Å². The maximum absolute atomic E-state index is 13.4. The molecule has 2 unspecified atom stereocenters. The Labute approximate surface area is 340 Å². The van der Waals surface area contributed by atoms with Crippen molar-refractivity contribution < 1.29 is 28.7 Å². The first-order chi connectivity index (χ1) is 28.1. The van der Waals surface area contributed by atoms with Gasteiger partial charge in [0.1, 0.15) is 17.9 Å². The summed E-state index contributed by atoms with van der Waals surface area (Å²) in [6.45, 7) is 7.45. The van der Waals surface area contributed by atoms with Crippen LogP contribution in [-0.4, -0.2) is 125 Å². The lowest BCUT2D eigenvalue weighted by molar-refractivity contribution is -0.136. The van der Waals surface area contributed by atoms with E-state index in [4.69, 9.17) is 21.6 Å². The average Bonchev–Trinajstić information content (AvgIpc) is 3.88. The molecular formula is C42H44ClN9O6. The fraction of sp³-hybridized carbons (Fsp3) is 0.476. The minimum absolute atomic E-state index is 0.0545. The third-order valence-corrected chi connectivity index (χ3v) is 13.2. The molecule has 4 saturated heterocycles. The van der Waals surface area contributed by atoms with E-state index in [0.717, 1.165) is 87.9 Å². The number of fused-ring (bicyclic) bond motifs is 2. The molecule has 5 amide bonds. The van der Waals surface area contributed by atoms with Crippen molar-refractivity contribution >= 4 is 52.6 Å². The Morgan fingerprint density at radius 3 is 2.26 bits per heavy atom. The molecule has 16 heteroatoms. The van der Waals surface area contributed by atoms with Gasteiger partial charge in [0.15, 0.2) is 11.5 Å². The number of aromatic nitrogens is 2. The minimum atomic E-state index is -0.976. The van der Waals surface area contributed by atoms with E-state index in [2.05, 4.69) is 36.3 Å². The molecule has 6 heterocycles. The number of rotatable bonds is 8. The maximum atomic E-state index is 13.4. The van der Waals surface area contributed by atoms with Crippen molar-refractivity contribution in [3.05, 3.63) is 75.9 Å². The lowest BCUT2D eigenvalue weighted by Gasteiger charge is -2.39. The van der Waals surface area contributed by atoms with Crippen LogP contribution >= 0.6 is 11.6 Å². The van der Waals surface area contributed by atoms with E-state index in [0.29, 0.717) is 64.0 Å². The zero-order valence-electron chi connectivity index (χ0n) is 32.0. The summed E-state index contributed by atoms with van der Waals surface area (Å²) in [6, 6.07) is 15.3. The first-order valence-electron chi connectivity index (χ1n) is 20.2. The van der Waals surface area contributed by atoms with Crippen molar-refractivity contribution in [3.63, 3.8) is 0 Å². The van der Waals surface area contributed by atoms with E-state index < -0.39 is 29.7 Å². The third-order valence-electron chi connectivity index (χ3n) is 12.8. The summed E-state index contributed by atoms with van der Waals surface area (Å²) in [5.74, 6) is 0.672. The number of anilines is 2. The average molecular weight is 806 g/mol. The van der Waals surface area contributed by atoms with Crippen LogP contribution in [0.3, 0.4) is 0 Å². The number of piperidine rings is 2. The predicted octanol–water partition coefficient (Wildman–Crippen LogP) is 3.37. The summed E-state index contributed by atoms with van der Waals surface area (Å²) in [4.78, 5) is 73.8. The highest BCUT2D eigenvalue weighted by molar-refractivity contribution is 6.31. The van der Waals surface area contributed by atoms with Gasteiger partial charge < -0.3 is 19.4 Å². The number of nitrogens with zero attached hydrogens (tertiary/aromatic N) is 8. The number of piperazine rings is 1. The first-order valence-corrected chi connectivity index (χ1v) is 20.6. The van der Waals surface area contributed by atoms with Gasteiger partial charge in [0.05, 0.1) is 27.8 Å². The van der Waals surface area contributed by atoms with Crippen molar-refractivity contribution in [1.29, 1.82) is 5.26 Å². The van der Waals surface area contributed by atoms with E-state index in [1.807, 2.05) is 17.0 Å². The molecule has 2 aromatic carbocycles. The number of carbonyl (C=O) groups is 5. The molecule has 15 nitrogen and oxygen atoms in total. The molecule has 0 radical (unpaired) electrons. The van der Waals surface area contributed by atoms with Crippen molar-refractivity contribution in [1.82, 2.24) is 30.2 Å². The lowest BCUT2D eigenvalue weighted by atomic mass is 9.96. The molecule has 1 saturated carbocycles. The number of nitriles is 1. The number of benzene rings is 2. The number of nitrogens with one attached hydrogen (secondary N) is 1. The Balaban J connectivity index is 0.709. The first kappa shape index (κ1) is 38.0. The molecule has 0 spiro atoms. The molecule has 6 aliphatic rings. The van der Waals surface area contributed by atoms with Crippen molar-refractivity contribution in [3.8, 4) is 11.8 Å². The Hall–Kier alpha value is -5.59. The standard InChI is InChI=1S/C42H44ClN9O6/c43-34-20-30(3-1-26(34)21-44)58-31-17-27-23-51(24-28(27)18-31)42(57)35-5-7-37(47-46-35)50-11-9-25(10-12-50)22-48-13-15-49(16-14-48)29-2-4-32-33(19-29)41(56)52(40(32)55)36-6-8-38(53)45-39(36)54/h1-5,7,19-20,25,27-28,31,36H,6,8-18,22-24H2,(H,45,53,54)/t27-,28+,31?,36?. The van der Waals surface area contributed by atoms with Crippen molar-refractivity contribution in [2.45, 2.75) is 50.7 Å². The summed E-state index contributed by atoms with van der Waals surface area (Å²) < 4.78 is 6.18. The van der Waals surface area contributed by atoms with Crippen LogP contribution in [0.5, 0.6) is 5.75 Å². The van der Waals surface area contributed by atoms with E-state index in [1.165, 1.54) is 0 Å². The highest BCUT2D eigenvalue weighted by Gasteiger charge is 2.46. The van der Waals surface area contributed by atoms with Gasteiger partial charge in [-0.25, -0.2) is 0 Å². The summed E-state index contributed by atoms with van der Waals surface area (Å²) >= 11 is 6.18. The number of halogens is 1. The summed E-state index contributed by atoms with van der Waals surface area (Å²) in [7, 11) is 0. The van der Waals surface area contributed by atoms with Gasteiger partial charge >= 0.3 is 0 Å². The number of amides is 5. The number of carbonyl (C=O) groups excluding carboxylic acids is 5. The van der Waals surface area contributed by atoms with Crippen LogP contribution in [0.25, 0.3) is 0 Å². The second kappa shape index (κ2) is 15.6. The van der Waals surface area contributed by atoms with E-state index >= 15 is 0 Å². The number of hydrogen-bond donors (Lipinski definition) is 1. The number of imide groups is 2. The fourth-order valence-corrected chi connectivity index (χ4v) is 9.90. The zero-order chi connectivity index (χ0) is 40.1. The lowest BCUT2D eigenvalue weighted by Crippen LogP contribution is -2.54. The molecule has 5 aliphatic heterocycles. The monoisotopic (exact) mass is 805 g/mol. The molecule has 1 N–H and O–H groups in total. The van der Waals surface area contributed by atoms with Gasteiger partial charge in [-0.1, -0.05) is 11.6 Å². The molecule has 1 aliphatic carbocycles. The molecule has 0 bridgehead atoms. The second-order valence-electron chi connectivity index (χ2n) is 16.4. The zero-order valence-corrected chi connectivity index (χ0v) is 32.8. The highest BCUT2D eigenvalue weighted by Crippen LogP contribution is 2.41. The van der Waals surface area contributed by atoms with Gasteiger partial charge in [0, 0.05) is 77.1 Å². The SMILES string of the molecule is N#Cc1ccc(OC2C[C@@H]3CN(C(=O)c4ccc(N5CCC(CN6CCN(c7ccc8c(c7)C(=O)N(C7CCC(=O)NC7=O)C8=O)CC6)CC5)nn4)C[C@@H]3C2)cc1Cl. The predicted molar refractivity (Wildman–Crippen MR) is 211 cm³/mol. The molecule has 300 valence electrons. The topological polar surface area (TPSA) is 172 Å².